The molecule has 0 saturated heterocycles. The Kier molecular flexibility index (Phi) is 8.00. The van der Waals surface area contributed by atoms with E-state index in [-0.39, 0.29) is 36.5 Å². The van der Waals surface area contributed by atoms with E-state index in [0.29, 0.717) is 0 Å². The number of hydrogen-bond donors (Lipinski definition) is 3. The summed E-state index contributed by atoms with van der Waals surface area (Å²) in [4.78, 5) is 4.19. The summed E-state index contributed by atoms with van der Waals surface area (Å²) >= 11 is 0. The molecular weight excluding hydrogens is 417 g/mol. The van der Waals surface area contributed by atoms with E-state index in [1.165, 1.54) is 11.1 Å². The number of halogens is 1. The summed E-state index contributed by atoms with van der Waals surface area (Å²) in [6.45, 7) is 4.29. The summed E-state index contributed by atoms with van der Waals surface area (Å²) < 4.78 is 5.09. The summed E-state index contributed by atoms with van der Waals surface area (Å²) in [6.07, 6.45) is -0.707. The minimum atomic E-state index is -0.707. The third-order valence-corrected chi connectivity index (χ3v) is 3.71. The van der Waals surface area contributed by atoms with Gasteiger partial charge >= 0.3 is 0 Å². The molecular formula is C18H24IN3O2. The summed E-state index contributed by atoms with van der Waals surface area (Å²) in [5, 5.41) is 13.2. The second-order valence-electron chi connectivity index (χ2n) is 5.44. The van der Waals surface area contributed by atoms with E-state index in [2.05, 4.69) is 17.2 Å². The number of aliphatic hydroxyl groups is 1. The third kappa shape index (κ3) is 5.68. The van der Waals surface area contributed by atoms with Gasteiger partial charge in [-0.05, 0) is 54.8 Å². The summed E-state index contributed by atoms with van der Waals surface area (Å²) in [5.41, 5.74) is 9.93. The lowest BCUT2D eigenvalue weighted by Crippen LogP contribution is -2.23. The van der Waals surface area contributed by atoms with Gasteiger partial charge in [0, 0.05) is 5.69 Å². The first-order valence-electron chi connectivity index (χ1n) is 7.46. The van der Waals surface area contributed by atoms with E-state index in [9.17, 15) is 5.11 Å². The standard InChI is InChI=1S/C18H23N3O2.HI/c1-12-4-7-15(10-13(12)2)21-18(19)20-11-17(22)14-5-8-16(23-3)9-6-14;/h4-10,17,22H,11H2,1-3H3,(H3,19,20,21);1H. The van der Waals surface area contributed by atoms with Crippen LogP contribution >= 0.6 is 24.0 Å². The molecule has 0 fully saturated rings. The van der Waals surface area contributed by atoms with Gasteiger partial charge in [0.25, 0.3) is 0 Å². The van der Waals surface area contributed by atoms with Gasteiger partial charge in [-0.2, -0.15) is 0 Å². The Morgan fingerprint density at radius 2 is 1.83 bits per heavy atom. The summed E-state index contributed by atoms with van der Waals surface area (Å²) in [6, 6.07) is 13.2. The van der Waals surface area contributed by atoms with E-state index < -0.39 is 6.10 Å². The molecule has 2 aromatic carbocycles. The predicted molar refractivity (Wildman–Crippen MR) is 109 cm³/mol. The molecule has 2 rings (SSSR count). The molecule has 0 heterocycles. The second-order valence-corrected chi connectivity index (χ2v) is 5.44. The number of rotatable bonds is 5. The molecule has 0 radical (unpaired) electrons. The maximum Gasteiger partial charge on any atom is 0.193 e. The number of anilines is 1. The molecule has 0 saturated carbocycles. The Morgan fingerprint density at radius 1 is 1.17 bits per heavy atom. The van der Waals surface area contributed by atoms with E-state index in [0.717, 1.165) is 17.0 Å². The smallest absolute Gasteiger partial charge is 0.193 e. The molecule has 1 unspecified atom stereocenters. The largest absolute Gasteiger partial charge is 0.497 e. The molecule has 0 amide bonds. The average Bonchev–Trinajstić information content (AvgIpc) is 2.56. The van der Waals surface area contributed by atoms with Crippen LogP contribution in [0, 0.1) is 13.8 Å². The molecule has 2 aromatic rings. The quantitative estimate of drug-likeness (QED) is 0.378. The number of nitrogens with two attached hydrogens (primary N) is 1. The van der Waals surface area contributed by atoms with Gasteiger partial charge < -0.3 is 20.9 Å². The SMILES string of the molecule is COc1ccc(C(O)CN=C(N)Nc2ccc(C)c(C)c2)cc1.I. The van der Waals surface area contributed by atoms with Gasteiger partial charge in [0.2, 0.25) is 0 Å². The van der Waals surface area contributed by atoms with Crippen LogP contribution < -0.4 is 15.8 Å². The van der Waals surface area contributed by atoms with Crippen molar-refractivity contribution in [1.82, 2.24) is 0 Å². The Labute approximate surface area is 160 Å². The van der Waals surface area contributed by atoms with Crippen LogP contribution in [-0.4, -0.2) is 24.7 Å². The molecule has 0 aliphatic carbocycles. The highest BCUT2D eigenvalue weighted by Gasteiger charge is 2.07. The van der Waals surface area contributed by atoms with Crippen molar-refractivity contribution in [3.63, 3.8) is 0 Å². The van der Waals surface area contributed by atoms with Gasteiger partial charge in [-0.3, -0.25) is 4.99 Å². The molecule has 4 N–H and O–H groups in total. The van der Waals surface area contributed by atoms with E-state index in [4.69, 9.17) is 10.5 Å². The number of aliphatic imine (C=N–C) groups is 1. The first-order chi connectivity index (χ1) is 11.0. The topological polar surface area (TPSA) is 79.9 Å². The van der Waals surface area contributed by atoms with Crippen LogP contribution in [0.25, 0.3) is 0 Å². The molecule has 1 atom stereocenters. The van der Waals surface area contributed by atoms with Gasteiger partial charge in [-0.1, -0.05) is 18.2 Å². The highest BCUT2D eigenvalue weighted by Crippen LogP contribution is 2.18. The minimum Gasteiger partial charge on any atom is -0.497 e. The first kappa shape index (κ1) is 20.2. The Bertz CT molecular complexity index is 687. The number of ether oxygens (including phenoxy) is 1. The molecule has 0 bridgehead atoms. The normalized spacial score (nSPS) is 12.2. The first-order valence-corrected chi connectivity index (χ1v) is 7.46. The molecule has 0 aliphatic heterocycles. The third-order valence-electron chi connectivity index (χ3n) is 3.71. The lowest BCUT2D eigenvalue weighted by molar-refractivity contribution is 0.187. The zero-order chi connectivity index (χ0) is 16.8. The summed E-state index contributed by atoms with van der Waals surface area (Å²) in [7, 11) is 1.61. The van der Waals surface area contributed by atoms with Gasteiger partial charge in [0.15, 0.2) is 5.96 Å². The van der Waals surface area contributed by atoms with Gasteiger partial charge in [0.1, 0.15) is 5.75 Å². The van der Waals surface area contributed by atoms with Crippen LogP contribution in [0.2, 0.25) is 0 Å². The van der Waals surface area contributed by atoms with Crippen LogP contribution in [0.3, 0.4) is 0 Å². The molecule has 0 aromatic heterocycles. The number of hydrogen-bond acceptors (Lipinski definition) is 3. The molecule has 24 heavy (non-hydrogen) atoms. The van der Waals surface area contributed by atoms with Gasteiger partial charge in [-0.25, -0.2) is 0 Å². The average molecular weight is 441 g/mol. The number of methoxy groups -OCH3 is 1. The fourth-order valence-electron chi connectivity index (χ4n) is 2.12. The highest BCUT2D eigenvalue weighted by atomic mass is 127. The Balaban J connectivity index is 0.00000288. The number of aliphatic hydroxyl groups excluding tert-OH is 1. The number of aryl methyl sites for hydroxylation is 2. The molecule has 0 spiro atoms. The maximum absolute atomic E-state index is 10.1. The second kappa shape index (κ2) is 9.48. The Hall–Kier alpha value is -1.80. The fourth-order valence-corrected chi connectivity index (χ4v) is 2.12. The lowest BCUT2D eigenvalue weighted by Gasteiger charge is -2.11. The number of nitrogens with one attached hydrogen (secondary N) is 1. The van der Waals surface area contributed by atoms with Crippen molar-refractivity contribution >= 4 is 35.6 Å². The van der Waals surface area contributed by atoms with Gasteiger partial charge in [-0.15, -0.1) is 24.0 Å². The van der Waals surface area contributed by atoms with E-state index >= 15 is 0 Å². The number of guanidine groups is 1. The van der Waals surface area contributed by atoms with Crippen molar-refractivity contribution in [3.8, 4) is 5.75 Å². The molecule has 5 nitrogen and oxygen atoms in total. The van der Waals surface area contributed by atoms with Crippen LogP contribution in [0.5, 0.6) is 5.75 Å². The molecule has 6 heteroatoms. The van der Waals surface area contributed by atoms with E-state index in [1.807, 2.05) is 37.3 Å². The van der Waals surface area contributed by atoms with Gasteiger partial charge in [0.05, 0.1) is 19.8 Å². The van der Waals surface area contributed by atoms with E-state index in [1.54, 1.807) is 19.2 Å². The predicted octanol–water partition coefficient (Wildman–Crippen LogP) is 3.39. The highest BCUT2D eigenvalue weighted by molar-refractivity contribution is 14.0. The van der Waals surface area contributed by atoms with Crippen LogP contribution in [0.1, 0.15) is 22.8 Å². The minimum absolute atomic E-state index is 0. The Morgan fingerprint density at radius 3 is 2.42 bits per heavy atom. The number of benzene rings is 2. The van der Waals surface area contributed by atoms with Crippen LogP contribution in [-0.2, 0) is 0 Å². The number of nitrogens with zero attached hydrogens (tertiary/aromatic N) is 1. The maximum atomic E-state index is 10.1. The fraction of sp³-hybridized carbons (Fsp3) is 0.278. The van der Waals surface area contributed by atoms with Crippen molar-refractivity contribution in [3.05, 3.63) is 59.2 Å². The molecule has 0 aliphatic rings. The van der Waals surface area contributed by atoms with Crippen molar-refractivity contribution in [2.75, 3.05) is 19.0 Å². The summed E-state index contributed by atoms with van der Waals surface area (Å²) in [5.74, 6) is 1.03. The lowest BCUT2D eigenvalue weighted by atomic mass is 10.1. The van der Waals surface area contributed by atoms with Crippen molar-refractivity contribution in [2.45, 2.75) is 20.0 Å². The van der Waals surface area contributed by atoms with Crippen molar-refractivity contribution in [2.24, 2.45) is 10.7 Å². The van der Waals surface area contributed by atoms with Crippen molar-refractivity contribution in [1.29, 1.82) is 0 Å². The molecule has 130 valence electrons. The van der Waals surface area contributed by atoms with Crippen molar-refractivity contribution < 1.29 is 9.84 Å². The zero-order valence-corrected chi connectivity index (χ0v) is 16.4. The zero-order valence-electron chi connectivity index (χ0n) is 14.1. The monoisotopic (exact) mass is 441 g/mol. The van der Waals surface area contributed by atoms with Crippen LogP contribution in [0.15, 0.2) is 47.5 Å². The van der Waals surface area contributed by atoms with Crippen LogP contribution in [0.4, 0.5) is 5.69 Å².